The van der Waals surface area contributed by atoms with Gasteiger partial charge in [-0.15, -0.1) is 0 Å². The summed E-state index contributed by atoms with van der Waals surface area (Å²) in [6.45, 7) is 2.79. The monoisotopic (exact) mass is 258 g/mol. The second kappa shape index (κ2) is 5.45. The van der Waals surface area contributed by atoms with E-state index in [-0.39, 0.29) is 5.91 Å². The fraction of sp³-hybridized carbons (Fsp3) is 0.400. The molecule has 1 aromatic carbocycles. The standard InChI is InChI=1S/C15H18N2O2/c18-15(17-7-3-4-8-17)11-16-10-13-9-12-5-1-2-6-14(12)19-13/h1-2,5-6,9,16H,3-4,7-8,10-11H2. The maximum Gasteiger partial charge on any atom is 0.236 e. The SMILES string of the molecule is O=C(CNCc1cc2ccccc2o1)N1CCCC1. The van der Waals surface area contributed by atoms with Gasteiger partial charge in [0.25, 0.3) is 0 Å². The number of rotatable bonds is 4. The van der Waals surface area contributed by atoms with Crippen molar-refractivity contribution < 1.29 is 9.21 Å². The van der Waals surface area contributed by atoms with Crippen molar-refractivity contribution in [3.8, 4) is 0 Å². The number of carbonyl (C=O) groups excluding carboxylic acids is 1. The lowest BCUT2D eigenvalue weighted by Crippen LogP contribution is -2.35. The lowest BCUT2D eigenvalue weighted by molar-refractivity contribution is -0.129. The fourth-order valence-corrected chi connectivity index (χ4v) is 2.49. The predicted octanol–water partition coefficient (Wildman–Crippen LogP) is 2.14. The van der Waals surface area contributed by atoms with E-state index in [1.54, 1.807) is 0 Å². The van der Waals surface area contributed by atoms with Crippen LogP contribution in [0.2, 0.25) is 0 Å². The summed E-state index contributed by atoms with van der Waals surface area (Å²) in [7, 11) is 0. The number of benzene rings is 1. The Balaban J connectivity index is 1.53. The van der Waals surface area contributed by atoms with Gasteiger partial charge in [-0.3, -0.25) is 4.79 Å². The number of carbonyl (C=O) groups is 1. The third kappa shape index (κ3) is 2.79. The second-order valence-electron chi connectivity index (χ2n) is 4.94. The molecule has 0 spiro atoms. The van der Waals surface area contributed by atoms with Crippen LogP contribution in [0.25, 0.3) is 11.0 Å². The zero-order valence-electron chi connectivity index (χ0n) is 10.9. The van der Waals surface area contributed by atoms with E-state index in [2.05, 4.69) is 5.32 Å². The van der Waals surface area contributed by atoms with Gasteiger partial charge in [0.05, 0.1) is 13.1 Å². The van der Waals surface area contributed by atoms with Gasteiger partial charge in [-0.2, -0.15) is 0 Å². The van der Waals surface area contributed by atoms with Crippen LogP contribution in [0.15, 0.2) is 34.7 Å². The predicted molar refractivity (Wildman–Crippen MR) is 73.7 cm³/mol. The number of fused-ring (bicyclic) bond motifs is 1. The van der Waals surface area contributed by atoms with Gasteiger partial charge in [0.1, 0.15) is 11.3 Å². The summed E-state index contributed by atoms with van der Waals surface area (Å²) in [6.07, 6.45) is 2.27. The van der Waals surface area contributed by atoms with Crippen molar-refractivity contribution in [3.05, 3.63) is 36.1 Å². The van der Waals surface area contributed by atoms with Crippen molar-refractivity contribution in [1.82, 2.24) is 10.2 Å². The molecule has 4 heteroatoms. The average molecular weight is 258 g/mol. The number of hydrogen-bond donors (Lipinski definition) is 1. The molecule has 1 aromatic heterocycles. The number of amides is 1. The van der Waals surface area contributed by atoms with E-state index in [9.17, 15) is 4.79 Å². The van der Waals surface area contributed by atoms with E-state index in [0.717, 1.165) is 42.7 Å². The Hall–Kier alpha value is -1.81. The van der Waals surface area contributed by atoms with Crippen LogP contribution < -0.4 is 5.32 Å². The number of nitrogens with one attached hydrogen (secondary N) is 1. The number of nitrogens with zero attached hydrogens (tertiary/aromatic N) is 1. The second-order valence-corrected chi connectivity index (χ2v) is 4.94. The first kappa shape index (κ1) is 12.2. The van der Waals surface area contributed by atoms with E-state index < -0.39 is 0 Å². The van der Waals surface area contributed by atoms with E-state index >= 15 is 0 Å². The van der Waals surface area contributed by atoms with Crippen LogP contribution in [0, 0.1) is 0 Å². The summed E-state index contributed by atoms with van der Waals surface area (Å²) in [4.78, 5) is 13.8. The average Bonchev–Trinajstić information content (AvgIpc) is 3.07. The van der Waals surface area contributed by atoms with Crippen LogP contribution >= 0.6 is 0 Å². The maximum atomic E-state index is 11.8. The molecular weight excluding hydrogens is 240 g/mol. The molecule has 2 heterocycles. The molecule has 0 atom stereocenters. The van der Waals surface area contributed by atoms with Crippen molar-refractivity contribution in [3.63, 3.8) is 0 Å². The zero-order chi connectivity index (χ0) is 13.1. The normalized spacial score (nSPS) is 15.3. The molecule has 3 rings (SSSR count). The molecule has 0 bridgehead atoms. The van der Waals surface area contributed by atoms with Crippen LogP contribution in [0.5, 0.6) is 0 Å². The van der Waals surface area contributed by atoms with E-state index in [0.29, 0.717) is 13.1 Å². The Morgan fingerprint density at radius 2 is 2.05 bits per heavy atom. The van der Waals surface area contributed by atoms with Crippen LogP contribution in [-0.2, 0) is 11.3 Å². The molecule has 1 aliphatic heterocycles. The molecule has 4 nitrogen and oxygen atoms in total. The Morgan fingerprint density at radius 1 is 1.26 bits per heavy atom. The molecule has 0 aliphatic carbocycles. The van der Waals surface area contributed by atoms with E-state index in [1.807, 2.05) is 35.2 Å². The molecule has 1 saturated heterocycles. The lowest BCUT2D eigenvalue weighted by atomic mass is 10.2. The summed E-state index contributed by atoms with van der Waals surface area (Å²) in [5, 5.41) is 4.26. The first-order valence-corrected chi connectivity index (χ1v) is 6.79. The molecule has 0 unspecified atom stereocenters. The van der Waals surface area contributed by atoms with Crippen LogP contribution in [0.3, 0.4) is 0 Å². The fourth-order valence-electron chi connectivity index (χ4n) is 2.49. The minimum atomic E-state index is 0.189. The zero-order valence-corrected chi connectivity index (χ0v) is 10.9. The molecule has 19 heavy (non-hydrogen) atoms. The first-order chi connectivity index (χ1) is 9.33. The molecule has 2 aromatic rings. The van der Waals surface area contributed by atoms with Crippen LogP contribution in [0.4, 0.5) is 0 Å². The molecule has 1 aliphatic rings. The Labute approximate surface area is 112 Å². The van der Waals surface area contributed by atoms with Gasteiger partial charge in [0.15, 0.2) is 0 Å². The Morgan fingerprint density at radius 3 is 2.84 bits per heavy atom. The highest BCUT2D eigenvalue weighted by atomic mass is 16.3. The largest absolute Gasteiger partial charge is 0.460 e. The third-order valence-electron chi connectivity index (χ3n) is 3.51. The van der Waals surface area contributed by atoms with Gasteiger partial charge < -0.3 is 14.6 Å². The van der Waals surface area contributed by atoms with Gasteiger partial charge >= 0.3 is 0 Å². The van der Waals surface area contributed by atoms with Gasteiger partial charge in [0.2, 0.25) is 5.91 Å². The number of furan rings is 1. The summed E-state index contributed by atoms with van der Waals surface area (Å²) in [5.74, 6) is 1.06. The molecule has 1 N–H and O–H groups in total. The van der Waals surface area contributed by atoms with Gasteiger partial charge in [-0.1, -0.05) is 18.2 Å². The summed E-state index contributed by atoms with van der Waals surface area (Å²) >= 11 is 0. The topological polar surface area (TPSA) is 45.5 Å². The van der Waals surface area contributed by atoms with Crippen molar-refractivity contribution in [1.29, 1.82) is 0 Å². The summed E-state index contributed by atoms with van der Waals surface area (Å²) in [6, 6.07) is 9.94. The molecular formula is C15H18N2O2. The quantitative estimate of drug-likeness (QED) is 0.914. The number of para-hydroxylation sites is 1. The third-order valence-corrected chi connectivity index (χ3v) is 3.51. The molecule has 1 amide bonds. The Bertz CT molecular complexity index is 537. The van der Waals surface area contributed by atoms with Crippen molar-refractivity contribution >= 4 is 16.9 Å². The Kier molecular flexibility index (Phi) is 3.51. The highest BCUT2D eigenvalue weighted by molar-refractivity contribution is 5.79. The first-order valence-electron chi connectivity index (χ1n) is 6.79. The van der Waals surface area contributed by atoms with Crippen molar-refractivity contribution in [2.75, 3.05) is 19.6 Å². The van der Waals surface area contributed by atoms with Gasteiger partial charge in [-0.25, -0.2) is 0 Å². The lowest BCUT2D eigenvalue weighted by Gasteiger charge is -2.14. The smallest absolute Gasteiger partial charge is 0.236 e. The molecule has 0 saturated carbocycles. The summed E-state index contributed by atoms with van der Waals surface area (Å²) in [5.41, 5.74) is 0.894. The maximum absolute atomic E-state index is 11.8. The highest BCUT2D eigenvalue weighted by Crippen LogP contribution is 2.18. The minimum absolute atomic E-state index is 0.189. The van der Waals surface area contributed by atoms with E-state index in [1.165, 1.54) is 0 Å². The minimum Gasteiger partial charge on any atom is -0.460 e. The molecule has 0 radical (unpaired) electrons. The van der Waals surface area contributed by atoms with Gasteiger partial charge in [-0.05, 0) is 25.0 Å². The van der Waals surface area contributed by atoms with Crippen molar-refractivity contribution in [2.45, 2.75) is 19.4 Å². The molecule has 1 fully saturated rings. The van der Waals surface area contributed by atoms with E-state index in [4.69, 9.17) is 4.42 Å². The number of likely N-dealkylation sites (tertiary alicyclic amines) is 1. The van der Waals surface area contributed by atoms with Crippen molar-refractivity contribution in [2.24, 2.45) is 0 Å². The number of hydrogen-bond acceptors (Lipinski definition) is 3. The summed E-state index contributed by atoms with van der Waals surface area (Å²) < 4.78 is 5.69. The highest BCUT2D eigenvalue weighted by Gasteiger charge is 2.17. The van der Waals surface area contributed by atoms with Crippen LogP contribution in [0.1, 0.15) is 18.6 Å². The van der Waals surface area contributed by atoms with Gasteiger partial charge in [0, 0.05) is 18.5 Å². The molecule has 100 valence electrons. The van der Waals surface area contributed by atoms with Crippen LogP contribution in [-0.4, -0.2) is 30.4 Å².